The summed E-state index contributed by atoms with van der Waals surface area (Å²) in [5.74, 6) is -2.41. The number of carbonyl (C=O) groups excluding carboxylic acids is 2. The van der Waals surface area contributed by atoms with Gasteiger partial charge in [0, 0.05) is 12.8 Å². The number of ether oxygens (including phenoxy) is 1. The Morgan fingerprint density at radius 1 is 0.846 bits per heavy atom. The van der Waals surface area contributed by atoms with Crippen LogP contribution < -0.4 is 5.73 Å². The molecule has 0 aromatic rings. The van der Waals surface area contributed by atoms with E-state index in [-0.39, 0.29) is 59.9 Å². The van der Waals surface area contributed by atoms with Gasteiger partial charge in [0.05, 0.1) is 0 Å². The van der Waals surface area contributed by atoms with Gasteiger partial charge in [0.1, 0.15) is 6.04 Å². The molecular formula is C19H37CaNO5. The van der Waals surface area contributed by atoms with Gasteiger partial charge in [-0.25, -0.2) is 0 Å². The minimum Gasteiger partial charge on any atom is -1.00 e. The fourth-order valence-corrected chi connectivity index (χ4v) is 2.56. The number of carboxylic acid groups (broad SMARTS) is 1. The van der Waals surface area contributed by atoms with Crippen molar-refractivity contribution < 1.29 is 27.1 Å². The van der Waals surface area contributed by atoms with Gasteiger partial charge in [0.15, 0.2) is 0 Å². The van der Waals surface area contributed by atoms with Gasteiger partial charge in [0.25, 0.3) is 0 Å². The Bertz CT molecular complexity index is 401. The summed E-state index contributed by atoms with van der Waals surface area (Å²) in [6.45, 7) is 2.22. The van der Waals surface area contributed by atoms with Crippen LogP contribution in [0.15, 0.2) is 0 Å². The summed E-state index contributed by atoms with van der Waals surface area (Å²) in [6.07, 6.45) is 13.2. The van der Waals surface area contributed by atoms with Gasteiger partial charge in [-0.2, -0.15) is 0 Å². The van der Waals surface area contributed by atoms with Crippen LogP contribution >= 0.6 is 0 Å². The monoisotopic (exact) mass is 399 g/mol. The van der Waals surface area contributed by atoms with E-state index in [0.717, 1.165) is 19.3 Å². The summed E-state index contributed by atoms with van der Waals surface area (Å²) in [4.78, 5) is 33.4. The predicted octanol–water partition coefficient (Wildman–Crippen LogP) is 3.79. The molecule has 150 valence electrons. The summed E-state index contributed by atoms with van der Waals surface area (Å²) in [5, 5.41) is 8.60. The molecule has 0 bridgehead atoms. The Balaban J connectivity index is -0.000000960. The van der Waals surface area contributed by atoms with E-state index >= 15 is 0 Å². The zero-order valence-corrected chi connectivity index (χ0v) is 18.5. The van der Waals surface area contributed by atoms with Gasteiger partial charge >= 0.3 is 55.6 Å². The number of unbranched alkanes of at least 4 members (excludes halogenated alkanes) is 10. The van der Waals surface area contributed by atoms with Crippen molar-refractivity contribution in [2.45, 2.75) is 103 Å². The number of nitrogens with two attached hydrogens (primary N) is 1. The predicted molar refractivity (Wildman–Crippen MR) is 105 cm³/mol. The molecule has 0 heterocycles. The van der Waals surface area contributed by atoms with E-state index in [1.807, 2.05) is 0 Å². The molecule has 0 rings (SSSR count). The Labute approximate surface area is 190 Å². The Hall–Kier alpha value is -0.170. The molecule has 26 heavy (non-hydrogen) atoms. The molecule has 0 aromatic heterocycles. The maximum Gasteiger partial charge on any atom is 2.00 e. The van der Waals surface area contributed by atoms with Crippen LogP contribution in [-0.4, -0.2) is 66.8 Å². The van der Waals surface area contributed by atoms with E-state index in [0.29, 0.717) is 0 Å². The first kappa shape index (κ1) is 28.0. The van der Waals surface area contributed by atoms with Crippen LogP contribution in [0.2, 0.25) is 0 Å². The van der Waals surface area contributed by atoms with Crippen LogP contribution in [0.3, 0.4) is 0 Å². The van der Waals surface area contributed by atoms with Gasteiger partial charge < -0.3 is 18.4 Å². The molecule has 0 saturated heterocycles. The van der Waals surface area contributed by atoms with E-state index in [1.54, 1.807) is 0 Å². The third-order valence-corrected chi connectivity index (χ3v) is 4.19. The molecule has 3 N–H and O–H groups in total. The molecule has 0 saturated carbocycles. The summed E-state index contributed by atoms with van der Waals surface area (Å²) in [7, 11) is 0. The molecule has 1 atom stereocenters. The fraction of sp³-hybridized carbons (Fsp3) is 0.842. The van der Waals surface area contributed by atoms with Crippen molar-refractivity contribution in [3.8, 4) is 0 Å². The van der Waals surface area contributed by atoms with Crippen molar-refractivity contribution in [2.24, 2.45) is 5.73 Å². The third kappa shape index (κ3) is 18.6. The van der Waals surface area contributed by atoms with Gasteiger partial charge in [-0.05, 0) is 12.8 Å². The Morgan fingerprint density at radius 2 is 1.27 bits per heavy atom. The summed E-state index contributed by atoms with van der Waals surface area (Å²) in [5.41, 5.74) is 5.28. The number of rotatable bonds is 16. The Kier molecular flexibility index (Phi) is 21.1. The molecular weight excluding hydrogens is 362 g/mol. The fourth-order valence-electron chi connectivity index (χ4n) is 2.56. The number of carbonyl (C=O) groups is 3. The second-order valence-electron chi connectivity index (χ2n) is 6.62. The van der Waals surface area contributed by atoms with Gasteiger partial charge in [0.2, 0.25) is 0 Å². The first-order valence-electron chi connectivity index (χ1n) is 9.69. The average molecular weight is 400 g/mol. The maximum atomic E-state index is 11.5. The molecule has 0 amide bonds. The molecule has 6 nitrogen and oxygen atoms in total. The third-order valence-electron chi connectivity index (χ3n) is 4.19. The van der Waals surface area contributed by atoms with Crippen molar-refractivity contribution in [1.29, 1.82) is 0 Å². The van der Waals surface area contributed by atoms with Gasteiger partial charge in [-0.3, -0.25) is 14.4 Å². The van der Waals surface area contributed by atoms with Crippen LogP contribution in [0, 0.1) is 0 Å². The number of aliphatic carboxylic acids is 1. The molecule has 0 aliphatic rings. The maximum absolute atomic E-state index is 11.5. The Morgan fingerprint density at radius 3 is 1.73 bits per heavy atom. The first-order chi connectivity index (χ1) is 12.0. The van der Waals surface area contributed by atoms with Crippen LogP contribution in [0.5, 0.6) is 0 Å². The molecule has 0 unspecified atom stereocenters. The van der Waals surface area contributed by atoms with Crippen molar-refractivity contribution in [3.63, 3.8) is 0 Å². The number of hydrogen-bond donors (Lipinski definition) is 2. The first-order valence-corrected chi connectivity index (χ1v) is 9.69. The van der Waals surface area contributed by atoms with E-state index in [2.05, 4.69) is 11.7 Å². The van der Waals surface area contributed by atoms with Crippen LogP contribution in [-0.2, 0) is 19.1 Å². The van der Waals surface area contributed by atoms with Crippen molar-refractivity contribution in [2.75, 3.05) is 0 Å². The summed E-state index contributed by atoms with van der Waals surface area (Å²) < 4.78 is 4.65. The number of esters is 2. The minimum absolute atomic E-state index is 0. The average Bonchev–Trinajstić information content (AvgIpc) is 2.57. The SMILES string of the molecule is CCCCCCCCCCCCCC(=O)OC(=O)CC[C@H](N)C(=O)O.[Ca+2].[H-].[H-]. The summed E-state index contributed by atoms with van der Waals surface area (Å²) >= 11 is 0. The van der Waals surface area contributed by atoms with Crippen LogP contribution in [0.25, 0.3) is 0 Å². The zero-order chi connectivity index (χ0) is 18.9. The van der Waals surface area contributed by atoms with Crippen molar-refractivity contribution in [1.82, 2.24) is 0 Å². The number of hydrogen-bond acceptors (Lipinski definition) is 5. The smallest absolute Gasteiger partial charge is 1.00 e. The molecule has 0 aliphatic heterocycles. The van der Waals surface area contributed by atoms with E-state index in [4.69, 9.17) is 10.8 Å². The normalized spacial score (nSPS) is 11.5. The van der Waals surface area contributed by atoms with Gasteiger partial charge in [-0.15, -0.1) is 0 Å². The second kappa shape index (κ2) is 19.6. The van der Waals surface area contributed by atoms with Crippen LogP contribution in [0.4, 0.5) is 0 Å². The quantitative estimate of drug-likeness (QED) is 0.177. The second-order valence-corrected chi connectivity index (χ2v) is 6.62. The number of carboxylic acids is 1. The molecule has 0 aromatic carbocycles. The largest absolute Gasteiger partial charge is 2.00 e. The standard InChI is InChI=1S/C19H35NO5.Ca.2H/c1-2-3-4-5-6-7-8-9-10-11-12-13-17(21)25-18(22)15-14-16(20)19(23)24;;;/h16H,2-15,20H2,1H3,(H,23,24);;;/q;+2;2*-1/t16-;;;/m0.../s1. The zero-order valence-electron chi connectivity index (χ0n) is 18.3. The molecule has 0 aliphatic carbocycles. The molecule has 7 heteroatoms. The van der Waals surface area contributed by atoms with E-state index in [9.17, 15) is 14.4 Å². The molecule has 0 radical (unpaired) electrons. The van der Waals surface area contributed by atoms with Crippen molar-refractivity contribution >= 4 is 55.6 Å². The molecule has 0 spiro atoms. The van der Waals surface area contributed by atoms with Crippen molar-refractivity contribution in [3.05, 3.63) is 0 Å². The van der Waals surface area contributed by atoms with Crippen LogP contribution in [0.1, 0.15) is 99.7 Å². The topological polar surface area (TPSA) is 107 Å². The summed E-state index contributed by atoms with van der Waals surface area (Å²) in [6, 6.07) is -1.10. The minimum atomic E-state index is -1.17. The van der Waals surface area contributed by atoms with Gasteiger partial charge in [-0.1, -0.05) is 71.1 Å². The molecule has 0 fully saturated rings. The van der Waals surface area contributed by atoms with E-state index < -0.39 is 23.9 Å². The van der Waals surface area contributed by atoms with E-state index in [1.165, 1.54) is 51.4 Å².